The van der Waals surface area contributed by atoms with Crippen LogP contribution in [-0.2, 0) is 9.53 Å². The highest BCUT2D eigenvalue weighted by Crippen LogP contribution is 2.27. The third kappa shape index (κ3) is 2.58. The minimum atomic E-state index is -0.206. The van der Waals surface area contributed by atoms with Crippen LogP contribution in [0.1, 0.15) is 37.8 Å². The number of carbonyl (C=O) groups excluding carboxylic acids is 1. The Kier molecular flexibility index (Phi) is 4.03. The SMILES string of the molecule is CCC1NC(c2ccccc2)C(=O)N1CC1CCCO1. The molecule has 2 aliphatic heterocycles. The largest absolute Gasteiger partial charge is 0.376 e. The Balaban J connectivity index is 1.74. The number of nitrogens with one attached hydrogen (secondary N) is 1. The molecule has 1 aromatic carbocycles. The van der Waals surface area contributed by atoms with Gasteiger partial charge in [0.25, 0.3) is 0 Å². The maximum absolute atomic E-state index is 12.7. The molecule has 1 amide bonds. The summed E-state index contributed by atoms with van der Waals surface area (Å²) in [5.41, 5.74) is 1.05. The number of nitrogens with zero attached hydrogens (tertiary/aromatic N) is 1. The van der Waals surface area contributed by atoms with E-state index >= 15 is 0 Å². The fourth-order valence-corrected chi connectivity index (χ4v) is 3.12. The molecule has 4 nitrogen and oxygen atoms in total. The molecule has 0 saturated carbocycles. The van der Waals surface area contributed by atoms with Crippen LogP contribution in [0, 0.1) is 0 Å². The number of carbonyl (C=O) groups is 1. The molecule has 20 heavy (non-hydrogen) atoms. The maximum atomic E-state index is 12.7. The summed E-state index contributed by atoms with van der Waals surface area (Å²) in [6, 6.07) is 9.75. The van der Waals surface area contributed by atoms with E-state index in [0.717, 1.165) is 31.4 Å². The molecule has 4 heteroatoms. The molecule has 1 aromatic rings. The predicted octanol–water partition coefficient (Wildman–Crippen LogP) is 2.07. The van der Waals surface area contributed by atoms with Gasteiger partial charge in [0.05, 0.1) is 12.3 Å². The molecule has 0 spiro atoms. The zero-order chi connectivity index (χ0) is 13.9. The molecule has 108 valence electrons. The Morgan fingerprint density at radius 3 is 2.80 bits per heavy atom. The lowest BCUT2D eigenvalue weighted by Gasteiger charge is -2.25. The van der Waals surface area contributed by atoms with Crippen LogP contribution in [0.3, 0.4) is 0 Å². The maximum Gasteiger partial charge on any atom is 0.245 e. The lowest BCUT2D eigenvalue weighted by molar-refractivity contribution is -0.131. The quantitative estimate of drug-likeness (QED) is 0.914. The number of hydrogen-bond donors (Lipinski definition) is 1. The van der Waals surface area contributed by atoms with E-state index in [0.29, 0.717) is 6.54 Å². The highest BCUT2D eigenvalue weighted by Gasteiger charge is 2.39. The van der Waals surface area contributed by atoms with Crippen molar-refractivity contribution in [3.63, 3.8) is 0 Å². The van der Waals surface area contributed by atoms with Crippen LogP contribution in [0.15, 0.2) is 30.3 Å². The molecule has 3 atom stereocenters. The molecule has 2 heterocycles. The van der Waals surface area contributed by atoms with E-state index in [2.05, 4.69) is 12.2 Å². The van der Waals surface area contributed by atoms with Crippen molar-refractivity contribution in [2.45, 2.75) is 44.5 Å². The van der Waals surface area contributed by atoms with E-state index in [4.69, 9.17) is 4.74 Å². The third-order valence-corrected chi connectivity index (χ3v) is 4.21. The average Bonchev–Trinajstić information content (AvgIpc) is 3.10. The summed E-state index contributed by atoms with van der Waals surface area (Å²) in [5.74, 6) is 0.179. The third-order valence-electron chi connectivity index (χ3n) is 4.21. The van der Waals surface area contributed by atoms with Crippen molar-refractivity contribution in [1.82, 2.24) is 10.2 Å². The second-order valence-electron chi connectivity index (χ2n) is 5.56. The van der Waals surface area contributed by atoms with Gasteiger partial charge in [0.15, 0.2) is 0 Å². The molecule has 2 fully saturated rings. The van der Waals surface area contributed by atoms with Crippen LogP contribution in [0.4, 0.5) is 0 Å². The van der Waals surface area contributed by atoms with Gasteiger partial charge in [-0.1, -0.05) is 37.3 Å². The van der Waals surface area contributed by atoms with E-state index in [1.165, 1.54) is 0 Å². The van der Waals surface area contributed by atoms with E-state index in [-0.39, 0.29) is 24.2 Å². The summed E-state index contributed by atoms with van der Waals surface area (Å²) in [6.45, 7) is 3.66. The number of amides is 1. The molecule has 0 aliphatic carbocycles. The van der Waals surface area contributed by atoms with Gasteiger partial charge in [-0.05, 0) is 24.8 Å². The molecule has 2 saturated heterocycles. The zero-order valence-corrected chi connectivity index (χ0v) is 11.9. The van der Waals surface area contributed by atoms with E-state index in [1.807, 2.05) is 35.2 Å². The van der Waals surface area contributed by atoms with Crippen LogP contribution in [-0.4, -0.2) is 36.2 Å². The Morgan fingerprint density at radius 1 is 1.35 bits per heavy atom. The normalized spacial score (nSPS) is 30.1. The minimum absolute atomic E-state index is 0.122. The molecule has 0 bridgehead atoms. The van der Waals surface area contributed by atoms with Gasteiger partial charge in [0.2, 0.25) is 5.91 Å². The lowest BCUT2D eigenvalue weighted by Crippen LogP contribution is -2.41. The van der Waals surface area contributed by atoms with Gasteiger partial charge in [0.1, 0.15) is 6.04 Å². The Bertz CT molecular complexity index is 457. The topological polar surface area (TPSA) is 41.6 Å². The number of ether oxygens (including phenoxy) is 1. The Labute approximate surface area is 120 Å². The first kappa shape index (κ1) is 13.6. The Hall–Kier alpha value is -1.39. The van der Waals surface area contributed by atoms with Crippen LogP contribution >= 0.6 is 0 Å². The van der Waals surface area contributed by atoms with Crippen LogP contribution in [0.2, 0.25) is 0 Å². The second kappa shape index (κ2) is 5.94. The van der Waals surface area contributed by atoms with Crippen LogP contribution in [0.5, 0.6) is 0 Å². The van der Waals surface area contributed by atoms with Crippen LogP contribution in [0.25, 0.3) is 0 Å². The standard InChI is InChI=1S/C16H22N2O2/c1-2-14-17-15(12-7-4-3-5-8-12)16(19)18(14)11-13-9-6-10-20-13/h3-5,7-8,13-15,17H,2,6,9-11H2,1H3. The Morgan fingerprint density at radius 2 is 2.15 bits per heavy atom. The average molecular weight is 274 g/mol. The number of benzene rings is 1. The number of hydrogen-bond acceptors (Lipinski definition) is 3. The second-order valence-corrected chi connectivity index (χ2v) is 5.56. The monoisotopic (exact) mass is 274 g/mol. The van der Waals surface area contributed by atoms with Gasteiger partial charge in [-0.25, -0.2) is 0 Å². The molecule has 2 aliphatic rings. The summed E-state index contributed by atoms with van der Waals surface area (Å²) in [6.07, 6.45) is 3.43. The molecular weight excluding hydrogens is 252 g/mol. The lowest BCUT2D eigenvalue weighted by atomic mass is 10.1. The summed E-state index contributed by atoms with van der Waals surface area (Å²) in [5, 5.41) is 3.45. The van der Waals surface area contributed by atoms with Crippen molar-refractivity contribution in [1.29, 1.82) is 0 Å². The number of rotatable bonds is 4. The summed E-state index contributed by atoms with van der Waals surface area (Å²) < 4.78 is 5.68. The molecule has 1 N–H and O–H groups in total. The molecule has 3 rings (SSSR count). The van der Waals surface area contributed by atoms with Crippen molar-refractivity contribution in [2.24, 2.45) is 0 Å². The summed E-state index contributed by atoms with van der Waals surface area (Å²) in [4.78, 5) is 14.6. The van der Waals surface area contributed by atoms with Gasteiger partial charge in [-0.15, -0.1) is 0 Å². The van der Waals surface area contributed by atoms with E-state index in [9.17, 15) is 4.79 Å². The first-order chi connectivity index (χ1) is 9.79. The molecule has 3 unspecified atom stereocenters. The zero-order valence-electron chi connectivity index (χ0n) is 11.9. The van der Waals surface area contributed by atoms with Crippen molar-refractivity contribution in [3.8, 4) is 0 Å². The highest BCUT2D eigenvalue weighted by molar-refractivity contribution is 5.85. The van der Waals surface area contributed by atoms with Gasteiger partial charge in [0, 0.05) is 13.2 Å². The van der Waals surface area contributed by atoms with Crippen molar-refractivity contribution in [3.05, 3.63) is 35.9 Å². The summed E-state index contributed by atoms with van der Waals surface area (Å²) in [7, 11) is 0. The molecule has 0 aromatic heterocycles. The molecular formula is C16H22N2O2. The first-order valence-corrected chi connectivity index (χ1v) is 7.52. The highest BCUT2D eigenvalue weighted by atomic mass is 16.5. The van der Waals surface area contributed by atoms with E-state index < -0.39 is 0 Å². The van der Waals surface area contributed by atoms with Crippen molar-refractivity contribution in [2.75, 3.05) is 13.2 Å². The van der Waals surface area contributed by atoms with Crippen molar-refractivity contribution < 1.29 is 9.53 Å². The smallest absolute Gasteiger partial charge is 0.245 e. The first-order valence-electron chi connectivity index (χ1n) is 7.52. The minimum Gasteiger partial charge on any atom is -0.376 e. The predicted molar refractivity (Wildman–Crippen MR) is 77.1 cm³/mol. The fourth-order valence-electron chi connectivity index (χ4n) is 3.12. The van der Waals surface area contributed by atoms with Gasteiger partial charge in [-0.2, -0.15) is 0 Å². The van der Waals surface area contributed by atoms with Gasteiger partial charge < -0.3 is 9.64 Å². The van der Waals surface area contributed by atoms with E-state index in [1.54, 1.807) is 0 Å². The fraction of sp³-hybridized carbons (Fsp3) is 0.562. The molecule has 0 radical (unpaired) electrons. The van der Waals surface area contributed by atoms with Crippen LogP contribution < -0.4 is 5.32 Å². The van der Waals surface area contributed by atoms with Gasteiger partial charge in [-0.3, -0.25) is 10.1 Å². The summed E-state index contributed by atoms with van der Waals surface area (Å²) >= 11 is 0. The van der Waals surface area contributed by atoms with Crippen molar-refractivity contribution >= 4 is 5.91 Å². The van der Waals surface area contributed by atoms with Gasteiger partial charge >= 0.3 is 0 Å².